The lowest BCUT2D eigenvalue weighted by molar-refractivity contribution is -0.308. The summed E-state index contributed by atoms with van der Waals surface area (Å²) < 4.78 is 12.9. The van der Waals surface area contributed by atoms with Gasteiger partial charge in [0.05, 0.1) is 18.8 Å². The summed E-state index contributed by atoms with van der Waals surface area (Å²) in [7, 11) is 0. The van der Waals surface area contributed by atoms with Crippen LogP contribution in [0, 0.1) is 22.7 Å². The van der Waals surface area contributed by atoms with Crippen molar-refractivity contribution in [3.63, 3.8) is 0 Å². The zero-order valence-electron chi connectivity index (χ0n) is 19.7. The number of rotatable bonds is 4. The molecule has 0 spiro atoms. The zero-order valence-corrected chi connectivity index (χ0v) is 19.7. The van der Waals surface area contributed by atoms with E-state index in [0.29, 0.717) is 18.9 Å². The van der Waals surface area contributed by atoms with E-state index >= 15 is 0 Å². The Morgan fingerprint density at radius 3 is 2.59 bits per heavy atom. The van der Waals surface area contributed by atoms with E-state index in [4.69, 9.17) is 9.47 Å². The van der Waals surface area contributed by atoms with Crippen molar-refractivity contribution in [3.8, 4) is 0 Å². The maximum Gasteiger partial charge on any atom is 0.222 e. The van der Waals surface area contributed by atoms with E-state index in [1.165, 1.54) is 5.56 Å². The molecule has 4 fully saturated rings. The minimum atomic E-state index is -0.390. The lowest BCUT2D eigenvalue weighted by Gasteiger charge is -2.63. The fourth-order valence-corrected chi connectivity index (χ4v) is 7.48. The molecule has 0 unspecified atom stereocenters. The third kappa shape index (κ3) is 3.91. The predicted octanol–water partition coefficient (Wildman–Crippen LogP) is 4.18. The number of benzene rings is 1. The van der Waals surface area contributed by atoms with Crippen LogP contribution in [-0.4, -0.2) is 54.1 Å². The van der Waals surface area contributed by atoms with Gasteiger partial charge in [-0.15, -0.1) is 0 Å². The van der Waals surface area contributed by atoms with Crippen molar-refractivity contribution in [1.82, 2.24) is 4.90 Å². The van der Waals surface area contributed by atoms with Gasteiger partial charge in [-0.2, -0.15) is 0 Å². The average Bonchev–Trinajstić information content (AvgIpc) is 3.32. The Labute approximate surface area is 192 Å². The zero-order chi connectivity index (χ0) is 22.3. The van der Waals surface area contributed by atoms with Crippen LogP contribution in [0.1, 0.15) is 64.4 Å². The minimum Gasteiger partial charge on any atom is -0.393 e. The van der Waals surface area contributed by atoms with Crippen LogP contribution in [0.25, 0.3) is 0 Å². The third-order valence-electron chi connectivity index (χ3n) is 9.33. The van der Waals surface area contributed by atoms with Crippen LogP contribution in [0.15, 0.2) is 30.3 Å². The summed E-state index contributed by atoms with van der Waals surface area (Å²) in [6.45, 7) is 7.12. The van der Waals surface area contributed by atoms with E-state index in [2.05, 4.69) is 38.1 Å². The van der Waals surface area contributed by atoms with Gasteiger partial charge >= 0.3 is 0 Å². The van der Waals surface area contributed by atoms with Gasteiger partial charge in [0.2, 0.25) is 5.91 Å². The molecule has 32 heavy (non-hydrogen) atoms. The number of nitrogens with zero attached hydrogens (tertiary/aromatic N) is 1. The van der Waals surface area contributed by atoms with Crippen molar-refractivity contribution in [2.24, 2.45) is 22.7 Å². The molecule has 2 aliphatic heterocycles. The Morgan fingerprint density at radius 2 is 1.84 bits per heavy atom. The Bertz CT molecular complexity index is 809. The summed E-state index contributed by atoms with van der Waals surface area (Å²) in [6.07, 6.45) is 6.80. The van der Waals surface area contributed by atoms with Crippen molar-refractivity contribution in [1.29, 1.82) is 0 Å². The molecule has 1 aromatic rings. The number of aliphatic hydroxyl groups is 1. The quantitative estimate of drug-likeness (QED) is 0.762. The van der Waals surface area contributed by atoms with Gasteiger partial charge in [-0.1, -0.05) is 44.2 Å². The number of carbonyl (C=O) groups is 1. The summed E-state index contributed by atoms with van der Waals surface area (Å²) >= 11 is 0. The fraction of sp³-hybridized carbons (Fsp3) is 0.741. The molecule has 1 aromatic carbocycles. The molecule has 5 heteroatoms. The van der Waals surface area contributed by atoms with E-state index in [9.17, 15) is 9.90 Å². The number of hydrogen-bond acceptors (Lipinski definition) is 4. The SMILES string of the molecule is C[C@@]12CO[C@@H](Cc3ccccc3)O[C@H]1CC[C@]1(C)[C@H]2CC[C@@H](O)[C@H]1CC(=O)N1CCCC1. The molecule has 7 atom stereocenters. The second-order valence-electron chi connectivity index (χ2n) is 11.2. The Morgan fingerprint density at radius 1 is 1.09 bits per heavy atom. The lowest BCUT2D eigenvalue weighted by Crippen LogP contribution is -2.63. The molecule has 2 saturated heterocycles. The molecule has 0 radical (unpaired) electrons. The van der Waals surface area contributed by atoms with E-state index in [-0.39, 0.29) is 41.2 Å². The smallest absolute Gasteiger partial charge is 0.222 e. The first-order chi connectivity index (χ1) is 15.4. The van der Waals surface area contributed by atoms with Crippen molar-refractivity contribution in [3.05, 3.63) is 35.9 Å². The van der Waals surface area contributed by atoms with Crippen molar-refractivity contribution in [2.45, 2.75) is 83.7 Å². The molecule has 0 bridgehead atoms. The average molecular weight is 442 g/mol. The molecule has 176 valence electrons. The number of aliphatic hydroxyl groups excluding tert-OH is 1. The highest BCUT2D eigenvalue weighted by atomic mass is 16.7. The second-order valence-corrected chi connectivity index (χ2v) is 11.2. The molecule has 2 heterocycles. The first-order valence-electron chi connectivity index (χ1n) is 12.7. The Kier molecular flexibility index (Phi) is 6.10. The summed E-state index contributed by atoms with van der Waals surface area (Å²) in [6, 6.07) is 10.4. The summed E-state index contributed by atoms with van der Waals surface area (Å²) in [5.74, 6) is 0.653. The van der Waals surface area contributed by atoms with Crippen molar-refractivity contribution >= 4 is 5.91 Å². The summed E-state index contributed by atoms with van der Waals surface area (Å²) in [5, 5.41) is 11.0. The molecule has 5 rings (SSSR count). The van der Waals surface area contributed by atoms with Crippen LogP contribution in [-0.2, 0) is 20.7 Å². The summed E-state index contributed by atoms with van der Waals surface area (Å²) in [4.78, 5) is 15.0. The fourth-order valence-electron chi connectivity index (χ4n) is 7.48. The van der Waals surface area contributed by atoms with Crippen LogP contribution >= 0.6 is 0 Å². The topological polar surface area (TPSA) is 59.0 Å². The maximum atomic E-state index is 13.0. The number of likely N-dealkylation sites (tertiary alicyclic amines) is 1. The number of fused-ring (bicyclic) bond motifs is 3. The van der Waals surface area contributed by atoms with Crippen LogP contribution < -0.4 is 0 Å². The molecular formula is C27H39NO4. The highest BCUT2D eigenvalue weighted by Gasteiger charge is 2.61. The molecule has 1 amide bonds. The van der Waals surface area contributed by atoms with Gasteiger partial charge in [0, 0.05) is 31.3 Å². The molecule has 0 aromatic heterocycles. The van der Waals surface area contributed by atoms with Gasteiger partial charge < -0.3 is 19.5 Å². The molecular weight excluding hydrogens is 402 g/mol. The number of carbonyl (C=O) groups excluding carboxylic acids is 1. The van der Waals surface area contributed by atoms with Crippen LogP contribution in [0.2, 0.25) is 0 Å². The van der Waals surface area contributed by atoms with Gasteiger partial charge in [0.15, 0.2) is 6.29 Å². The van der Waals surface area contributed by atoms with Gasteiger partial charge in [-0.05, 0) is 61.3 Å². The van der Waals surface area contributed by atoms with Gasteiger partial charge in [0.25, 0.3) is 0 Å². The van der Waals surface area contributed by atoms with Crippen LogP contribution in [0.4, 0.5) is 0 Å². The highest BCUT2D eigenvalue weighted by Crippen LogP contribution is 2.62. The maximum absolute atomic E-state index is 13.0. The number of amides is 1. The van der Waals surface area contributed by atoms with Crippen molar-refractivity contribution in [2.75, 3.05) is 19.7 Å². The summed E-state index contributed by atoms with van der Waals surface area (Å²) in [5.41, 5.74) is 1.11. The lowest BCUT2D eigenvalue weighted by atomic mass is 9.46. The standard InChI is InChI=1S/C27H39NO4/c1-26-13-12-23-27(2,18-31-25(32-23)16-19-8-4-3-5-9-19)22(26)11-10-21(29)20(26)17-24(30)28-14-6-7-15-28/h3-5,8-9,20-23,25,29H,6-7,10-18H2,1-2H3/t20-,21-,22-,23+,25-,26+,27+/m1/s1. The molecule has 4 aliphatic rings. The van der Waals surface area contributed by atoms with Crippen LogP contribution in [0.3, 0.4) is 0 Å². The molecule has 5 nitrogen and oxygen atoms in total. The predicted molar refractivity (Wildman–Crippen MR) is 123 cm³/mol. The molecule has 2 aliphatic carbocycles. The van der Waals surface area contributed by atoms with E-state index in [0.717, 1.165) is 58.0 Å². The third-order valence-corrected chi connectivity index (χ3v) is 9.33. The van der Waals surface area contributed by atoms with E-state index in [1.54, 1.807) is 0 Å². The Balaban J connectivity index is 1.31. The monoisotopic (exact) mass is 441 g/mol. The van der Waals surface area contributed by atoms with Gasteiger partial charge in [-0.3, -0.25) is 4.79 Å². The minimum absolute atomic E-state index is 0.0224. The highest BCUT2D eigenvalue weighted by molar-refractivity contribution is 5.76. The number of ether oxygens (including phenoxy) is 2. The molecule has 1 N–H and O–H groups in total. The molecule has 2 saturated carbocycles. The van der Waals surface area contributed by atoms with Crippen molar-refractivity contribution < 1.29 is 19.4 Å². The van der Waals surface area contributed by atoms with E-state index < -0.39 is 0 Å². The van der Waals surface area contributed by atoms with Crippen LogP contribution in [0.5, 0.6) is 0 Å². The first-order valence-corrected chi connectivity index (χ1v) is 12.7. The normalized spacial score (nSPS) is 41.7. The van der Waals surface area contributed by atoms with E-state index in [1.807, 2.05) is 11.0 Å². The second kappa shape index (κ2) is 8.73. The largest absolute Gasteiger partial charge is 0.393 e. The number of hydrogen-bond donors (Lipinski definition) is 1. The van der Waals surface area contributed by atoms with Gasteiger partial charge in [-0.25, -0.2) is 0 Å². The first kappa shape index (κ1) is 22.4. The van der Waals surface area contributed by atoms with Gasteiger partial charge in [0.1, 0.15) is 0 Å². The Hall–Kier alpha value is -1.43.